The molecule has 0 aliphatic rings. The minimum absolute atomic E-state index is 0.147. The number of methoxy groups -OCH3 is 4. The fourth-order valence-corrected chi connectivity index (χ4v) is 1.79. The molecule has 138 valence electrons. The van der Waals surface area contributed by atoms with Crippen molar-refractivity contribution in [2.75, 3.05) is 48.3 Å². The van der Waals surface area contributed by atoms with E-state index in [4.69, 9.17) is 18.9 Å². The van der Waals surface area contributed by atoms with E-state index in [2.05, 4.69) is 9.47 Å². The van der Waals surface area contributed by atoms with Crippen LogP contribution in [0.4, 0.5) is 0 Å². The Kier molecular flexibility index (Phi) is 8.87. The van der Waals surface area contributed by atoms with Gasteiger partial charge in [0.2, 0.25) is 5.75 Å². The normalized spacial score (nSPS) is 10.4. The molecule has 0 bridgehead atoms. The predicted molar refractivity (Wildman–Crippen MR) is 88.9 cm³/mol. The summed E-state index contributed by atoms with van der Waals surface area (Å²) in [5, 5.41) is 0. The average molecular weight is 354 g/mol. The van der Waals surface area contributed by atoms with Gasteiger partial charge in [0.05, 0.1) is 35.0 Å². The zero-order valence-electron chi connectivity index (χ0n) is 14.7. The summed E-state index contributed by atoms with van der Waals surface area (Å²) in [5.41, 5.74) is 0.674. The van der Waals surface area contributed by atoms with E-state index in [1.807, 2.05) is 0 Å². The number of ether oxygens (including phenoxy) is 6. The summed E-state index contributed by atoms with van der Waals surface area (Å²) in [6.07, 6.45) is 2.86. The Balaban J connectivity index is 2.79. The number of hydrogen-bond acceptors (Lipinski definition) is 8. The highest BCUT2D eigenvalue weighted by Gasteiger charge is 2.14. The molecule has 0 atom stereocenters. The Morgan fingerprint density at radius 1 is 0.960 bits per heavy atom. The highest BCUT2D eigenvalue weighted by molar-refractivity contribution is 5.87. The lowest BCUT2D eigenvalue weighted by Crippen LogP contribution is -2.14. The smallest absolute Gasteiger partial charge is 0.331 e. The molecule has 0 heterocycles. The van der Waals surface area contributed by atoms with Gasteiger partial charge in [0.25, 0.3) is 0 Å². The summed E-state index contributed by atoms with van der Waals surface area (Å²) in [4.78, 5) is 22.1. The molecule has 0 amide bonds. The topological polar surface area (TPSA) is 89.5 Å². The van der Waals surface area contributed by atoms with Crippen molar-refractivity contribution in [2.45, 2.75) is 0 Å². The van der Waals surface area contributed by atoms with Gasteiger partial charge in [-0.05, 0) is 23.8 Å². The van der Waals surface area contributed by atoms with Gasteiger partial charge in [-0.25, -0.2) is 9.59 Å². The average Bonchev–Trinajstić information content (AvgIpc) is 2.65. The van der Waals surface area contributed by atoms with Crippen LogP contribution < -0.4 is 14.2 Å². The quantitative estimate of drug-likeness (QED) is 0.354. The summed E-state index contributed by atoms with van der Waals surface area (Å²) < 4.78 is 30.4. The molecule has 25 heavy (non-hydrogen) atoms. The molecular formula is C17H22O8. The minimum Gasteiger partial charge on any atom is -0.493 e. The van der Waals surface area contributed by atoms with Gasteiger partial charge < -0.3 is 28.4 Å². The minimum atomic E-state index is -0.471. The van der Waals surface area contributed by atoms with Crippen LogP contribution in [0.2, 0.25) is 0 Å². The lowest BCUT2D eigenvalue weighted by Gasteiger charge is -2.15. The van der Waals surface area contributed by atoms with Gasteiger partial charge in [-0.3, -0.25) is 0 Å². The van der Waals surface area contributed by atoms with Crippen molar-refractivity contribution in [3.63, 3.8) is 0 Å². The highest BCUT2D eigenvalue weighted by atomic mass is 16.6. The number of hydrogen-bond donors (Lipinski definition) is 0. The second-order valence-corrected chi connectivity index (χ2v) is 4.59. The number of rotatable bonds is 10. The molecule has 0 saturated carbocycles. The summed E-state index contributed by atoms with van der Waals surface area (Å²) in [5.74, 6) is 0.313. The second kappa shape index (κ2) is 10.9. The van der Waals surface area contributed by atoms with Crippen molar-refractivity contribution < 1.29 is 38.0 Å². The van der Waals surface area contributed by atoms with Gasteiger partial charge >= 0.3 is 11.9 Å². The molecule has 8 nitrogen and oxygen atoms in total. The van der Waals surface area contributed by atoms with Gasteiger partial charge in [-0.2, -0.15) is 0 Å². The highest BCUT2D eigenvalue weighted by Crippen LogP contribution is 2.38. The van der Waals surface area contributed by atoms with E-state index >= 15 is 0 Å². The Morgan fingerprint density at radius 3 is 2.12 bits per heavy atom. The summed E-state index contributed by atoms with van der Waals surface area (Å²) in [6, 6.07) is 3.37. The summed E-state index contributed by atoms with van der Waals surface area (Å²) in [7, 11) is 5.56. The molecule has 0 aromatic heterocycles. The van der Waals surface area contributed by atoms with E-state index in [-0.39, 0.29) is 19.8 Å². The van der Waals surface area contributed by atoms with Crippen LogP contribution in [0.1, 0.15) is 5.56 Å². The maximum Gasteiger partial charge on any atom is 0.331 e. The van der Waals surface area contributed by atoms with Crippen LogP contribution in [0.15, 0.2) is 18.2 Å². The van der Waals surface area contributed by atoms with Crippen LogP contribution in [0.3, 0.4) is 0 Å². The monoisotopic (exact) mass is 354 g/mol. The summed E-state index contributed by atoms with van der Waals surface area (Å²) in [6.45, 7) is 0.220. The first-order valence-electron chi connectivity index (χ1n) is 7.35. The van der Waals surface area contributed by atoms with E-state index in [0.29, 0.717) is 22.8 Å². The van der Waals surface area contributed by atoms with Crippen LogP contribution in [0.25, 0.3) is 6.08 Å². The van der Waals surface area contributed by atoms with Crippen LogP contribution in [-0.4, -0.2) is 60.2 Å². The molecule has 0 spiro atoms. The van der Waals surface area contributed by atoms with E-state index in [1.165, 1.54) is 34.5 Å². The Bertz CT molecular complexity index is 584. The van der Waals surface area contributed by atoms with Crippen molar-refractivity contribution in [2.24, 2.45) is 0 Å². The molecule has 0 fully saturated rings. The van der Waals surface area contributed by atoms with Crippen molar-refractivity contribution in [1.82, 2.24) is 0 Å². The van der Waals surface area contributed by atoms with Gasteiger partial charge in [0.1, 0.15) is 13.2 Å². The third-order valence-electron chi connectivity index (χ3n) is 3.02. The molecule has 8 heteroatoms. The maximum absolute atomic E-state index is 11.2. The Labute approximate surface area is 146 Å². The lowest BCUT2D eigenvalue weighted by atomic mass is 10.1. The molecule has 0 saturated heterocycles. The Hall–Kier alpha value is -2.74. The lowest BCUT2D eigenvalue weighted by molar-refractivity contribution is -0.146. The third kappa shape index (κ3) is 6.72. The molecule has 0 N–H and O–H groups in total. The van der Waals surface area contributed by atoms with Crippen molar-refractivity contribution in [1.29, 1.82) is 0 Å². The van der Waals surface area contributed by atoms with Crippen LogP contribution in [0, 0.1) is 0 Å². The SMILES string of the molecule is COC(=O)C=Cc1cc(OC)c(OCCOCC(=O)OC)c(OC)c1. The molecule has 0 unspecified atom stereocenters. The number of carbonyl (C=O) groups is 2. The first-order valence-corrected chi connectivity index (χ1v) is 7.35. The van der Waals surface area contributed by atoms with Gasteiger partial charge in [0, 0.05) is 6.08 Å². The van der Waals surface area contributed by atoms with Crippen molar-refractivity contribution >= 4 is 18.0 Å². The standard InChI is InChI=1S/C17H22O8/c1-20-13-9-12(5-6-15(18)22-3)10-14(21-2)17(13)25-8-7-24-11-16(19)23-4/h5-6,9-10H,7-8,11H2,1-4H3. The van der Waals surface area contributed by atoms with E-state index in [1.54, 1.807) is 18.2 Å². The van der Waals surface area contributed by atoms with Gasteiger partial charge in [-0.15, -0.1) is 0 Å². The van der Waals surface area contributed by atoms with Crippen molar-refractivity contribution in [3.05, 3.63) is 23.8 Å². The zero-order chi connectivity index (χ0) is 18.7. The second-order valence-electron chi connectivity index (χ2n) is 4.59. The fraction of sp³-hybridized carbons (Fsp3) is 0.412. The number of carbonyl (C=O) groups excluding carboxylic acids is 2. The van der Waals surface area contributed by atoms with Gasteiger partial charge in [-0.1, -0.05) is 0 Å². The molecule has 0 radical (unpaired) electrons. The molecular weight excluding hydrogens is 332 g/mol. The summed E-state index contributed by atoms with van der Waals surface area (Å²) >= 11 is 0. The molecule has 1 aromatic carbocycles. The van der Waals surface area contributed by atoms with Gasteiger partial charge in [0.15, 0.2) is 11.5 Å². The van der Waals surface area contributed by atoms with E-state index in [9.17, 15) is 9.59 Å². The largest absolute Gasteiger partial charge is 0.493 e. The van der Waals surface area contributed by atoms with Crippen molar-refractivity contribution in [3.8, 4) is 17.2 Å². The van der Waals surface area contributed by atoms with E-state index < -0.39 is 11.9 Å². The molecule has 1 rings (SSSR count). The first-order chi connectivity index (χ1) is 12.0. The fourth-order valence-electron chi connectivity index (χ4n) is 1.79. The predicted octanol–water partition coefficient (Wildman–Crippen LogP) is 1.46. The molecule has 0 aliphatic heterocycles. The Morgan fingerprint density at radius 2 is 1.60 bits per heavy atom. The van der Waals surface area contributed by atoms with Crippen LogP contribution >= 0.6 is 0 Å². The zero-order valence-corrected chi connectivity index (χ0v) is 14.7. The number of esters is 2. The van der Waals surface area contributed by atoms with E-state index in [0.717, 1.165) is 0 Å². The van der Waals surface area contributed by atoms with Crippen LogP contribution in [-0.2, 0) is 23.8 Å². The molecule has 0 aliphatic carbocycles. The maximum atomic E-state index is 11.2. The number of benzene rings is 1. The third-order valence-corrected chi connectivity index (χ3v) is 3.02. The van der Waals surface area contributed by atoms with Crippen LogP contribution in [0.5, 0.6) is 17.2 Å². The first kappa shape index (κ1) is 20.3. The molecule has 1 aromatic rings.